The SMILES string of the molecule is O.O=C(N=C([O-])c1ccccn1)c1ccccn1.O=[N+]([O-])[O-].[Cu+2]. The molecule has 2 N–H and O–H groups in total. The Labute approximate surface area is 140 Å². The van der Waals surface area contributed by atoms with Crippen molar-refractivity contribution < 1.29 is 37.5 Å². The topological polar surface area (TPSA) is 176 Å². The van der Waals surface area contributed by atoms with Crippen molar-refractivity contribution in [2.24, 2.45) is 4.99 Å². The summed E-state index contributed by atoms with van der Waals surface area (Å²) in [5, 5.41) is 26.3. The molecule has 10 nitrogen and oxygen atoms in total. The summed E-state index contributed by atoms with van der Waals surface area (Å²) < 4.78 is 0. The first kappa shape index (κ1) is 22.4. The van der Waals surface area contributed by atoms with E-state index in [4.69, 9.17) is 15.3 Å². The van der Waals surface area contributed by atoms with Crippen LogP contribution in [-0.4, -0.2) is 32.3 Å². The molecule has 23 heavy (non-hydrogen) atoms. The van der Waals surface area contributed by atoms with Gasteiger partial charge in [-0.05, 0) is 24.3 Å². The van der Waals surface area contributed by atoms with E-state index in [-0.39, 0.29) is 33.9 Å². The average Bonchev–Trinajstić information content (AvgIpc) is 2.48. The van der Waals surface area contributed by atoms with Crippen LogP contribution in [0.25, 0.3) is 0 Å². The number of pyridine rings is 2. The Kier molecular flexibility index (Phi) is 11.4. The molecule has 0 saturated heterocycles. The summed E-state index contributed by atoms with van der Waals surface area (Å²) in [5.74, 6) is -1.33. The predicted molar refractivity (Wildman–Crippen MR) is 73.3 cm³/mol. The van der Waals surface area contributed by atoms with Crippen LogP contribution in [0.15, 0.2) is 53.8 Å². The zero-order valence-electron chi connectivity index (χ0n) is 11.3. The number of hydrogen-bond donors (Lipinski definition) is 0. The van der Waals surface area contributed by atoms with E-state index in [0.717, 1.165) is 0 Å². The van der Waals surface area contributed by atoms with E-state index < -0.39 is 16.9 Å². The number of aromatic nitrogens is 2. The van der Waals surface area contributed by atoms with Crippen LogP contribution in [-0.2, 0) is 17.1 Å². The van der Waals surface area contributed by atoms with Crippen molar-refractivity contribution in [3.8, 4) is 0 Å². The van der Waals surface area contributed by atoms with Crippen molar-refractivity contribution in [3.63, 3.8) is 0 Å². The quantitative estimate of drug-likeness (QED) is 0.222. The number of rotatable bonds is 2. The summed E-state index contributed by atoms with van der Waals surface area (Å²) in [7, 11) is 0. The van der Waals surface area contributed by atoms with Crippen molar-refractivity contribution in [1.29, 1.82) is 0 Å². The number of carbonyl (C=O) groups is 1. The first-order chi connectivity index (χ1) is 10.0. The first-order valence-electron chi connectivity index (χ1n) is 5.44. The van der Waals surface area contributed by atoms with E-state index in [2.05, 4.69) is 15.0 Å². The van der Waals surface area contributed by atoms with Crippen molar-refractivity contribution in [3.05, 3.63) is 75.5 Å². The van der Waals surface area contributed by atoms with Gasteiger partial charge in [-0.3, -0.25) is 14.8 Å². The number of amides is 1. The summed E-state index contributed by atoms with van der Waals surface area (Å²) in [6, 6.07) is 9.66. The summed E-state index contributed by atoms with van der Waals surface area (Å²) >= 11 is 0. The van der Waals surface area contributed by atoms with Gasteiger partial charge in [-0.25, -0.2) is 4.99 Å². The van der Waals surface area contributed by atoms with Gasteiger partial charge in [0.1, 0.15) is 5.69 Å². The minimum atomic E-state index is -1.75. The molecular formula is C12H10CuN4O6. The third kappa shape index (κ3) is 8.88. The van der Waals surface area contributed by atoms with Gasteiger partial charge in [0, 0.05) is 18.3 Å². The van der Waals surface area contributed by atoms with E-state index in [9.17, 15) is 9.90 Å². The molecule has 11 heteroatoms. The number of nitrogens with zero attached hydrogens (tertiary/aromatic N) is 4. The van der Waals surface area contributed by atoms with Crippen LogP contribution in [0, 0.1) is 15.3 Å². The van der Waals surface area contributed by atoms with Crippen molar-refractivity contribution in [1.82, 2.24) is 9.97 Å². The molecule has 0 aromatic carbocycles. The Hall–Kier alpha value is -2.88. The third-order valence-electron chi connectivity index (χ3n) is 1.97. The Morgan fingerprint density at radius 1 is 1.00 bits per heavy atom. The monoisotopic (exact) mass is 369 g/mol. The Morgan fingerprint density at radius 2 is 1.43 bits per heavy atom. The van der Waals surface area contributed by atoms with Crippen molar-refractivity contribution in [2.45, 2.75) is 0 Å². The molecule has 0 aliphatic heterocycles. The molecule has 1 radical (unpaired) electrons. The third-order valence-corrected chi connectivity index (χ3v) is 1.97. The molecule has 2 rings (SSSR count). The maximum Gasteiger partial charge on any atom is 2.00 e. The van der Waals surface area contributed by atoms with Gasteiger partial charge in [0.05, 0.1) is 10.8 Å². The van der Waals surface area contributed by atoms with Crippen LogP contribution >= 0.6 is 0 Å². The molecule has 0 unspecified atom stereocenters. The molecule has 0 aliphatic rings. The van der Waals surface area contributed by atoms with Crippen LogP contribution in [0.3, 0.4) is 0 Å². The molecule has 2 aromatic rings. The second kappa shape index (κ2) is 11.7. The molecule has 0 aliphatic carbocycles. The second-order valence-corrected chi connectivity index (χ2v) is 3.38. The molecule has 0 spiro atoms. The van der Waals surface area contributed by atoms with Crippen LogP contribution < -0.4 is 5.11 Å². The molecular weight excluding hydrogens is 360 g/mol. The summed E-state index contributed by atoms with van der Waals surface area (Å²) in [4.78, 5) is 30.8. The molecule has 2 heterocycles. The fraction of sp³-hybridized carbons (Fsp3) is 0. The molecule has 0 bridgehead atoms. The molecule has 1 amide bonds. The number of aliphatic imine (C=N–C) groups is 1. The smallest absolute Gasteiger partial charge is 0.857 e. The van der Waals surface area contributed by atoms with Crippen LogP contribution in [0.1, 0.15) is 16.2 Å². The predicted octanol–water partition coefficient (Wildman–Crippen LogP) is -0.642. The van der Waals surface area contributed by atoms with Crippen molar-refractivity contribution in [2.75, 3.05) is 0 Å². The van der Waals surface area contributed by atoms with Crippen LogP contribution in [0.5, 0.6) is 0 Å². The van der Waals surface area contributed by atoms with Gasteiger partial charge in [0.2, 0.25) is 0 Å². The Bertz CT molecular complexity index is 635. The Balaban J connectivity index is 0. The minimum Gasteiger partial charge on any atom is -0.857 e. The van der Waals surface area contributed by atoms with Gasteiger partial charge in [-0.15, -0.1) is 0 Å². The van der Waals surface area contributed by atoms with Crippen molar-refractivity contribution >= 4 is 11.8 Å². The maximum absolute atomic E-state index is 11.6. The van der Waals surface area contributed by atoms with E-state index in [0.29, 0.717) is 0 Å². The van der Waals surface area contributed by atoms with Gasteiger partial charge in [-0.2, -0.15) is 0 Å². The van der Waals surface area contributed by atoms with Gasteiger partial charge in [-0.1, -0.05) is 12.1 Å². The summed E-state index contributed by atoms with van der Waals surface area (Å²) in [6.45, 7) is 0. The van der Waals surface area contributed by atoms with Gasteiger partial charge in [0.15, 0.2) is 0 Å². The first-order valence-corrected chi connectivity index (χ1v) is 5.44. The summed E-state index contributed by atoms with van der Waals surface area (Å²) in [6.07, 6.45) is 2.93. The van der Waals surface area contributed by atoms with Gasteiger partial charge < -0.3 is 25.9 Å². The van der Waals surface area contributed by atoms with E-state index in [1.807, 2.05) is 0 Å². The number of hydrogen-bond acceptors (Lipinski definition) is 7. The second-order valence-electron chi connectivity index (χ2n) is 3.38. The van der Waals surface area contributed by atoms with E-state index in [1.165, 1.54) is 24.5 Å². The largest absolute Gasteiger partial charge is 2.00 e. The number of carbonyl (C=O) groups excluding carboxylic acids is 1. The fourth-order valence-corrected chi connectivity index (χ4v) is 1.19. The normalized spacial score (nSPS) is 9.30. The van der Waals surface area contributed by atoms with Gasteiger partial charge in [0.25, 0.3) is 5.91 Å². The van der Waals surface area contributed by atoms with Crippen LogP contribution in [0.4, 0.5) is 0 Å². The molecule has 125 valence electrons. The van der Waals surface area contributed by atoms with Gasteiger partial charge >= 0.3 is 17.1 Å². The van der Waals surface area contributed by atoms with Crippen LogP contribution in [0.2, 0.25) is 0 Å². The fourth-order valence-electron chi connectivity index (χ4n) is 1.19. The molecule has 2 aromatic heterocycles. The molecule has 0 fully saturated rings. The zero-order chi connectivity index (χ0) is 15.7. The average molecular weight is 370 g/mol. The Morgan fingerprint density at radius 3 is 1.83 bits per heavy atom. The minimum absolute atomic E-state index is 0. The standard InChI is InChI=1S/C12H9N3O2.Cu.NO3.H2O/c16-11(9-5-1-3-7-13-9)15-12(17)10-6-2-4-8-14-10;;2-1(3)4;/h1-8H,(H,15,16,17);;;1H2/q;+2;-1;/p-1. The summed E-state index contributed by atoms with van der Waals surface area (Å²) in [5.41, 5.74) is 0.272. The molecule has 0 saturated carbocycles. The zero-order valence-corrected chi connectivity index (χ0v) is 12.2. The maximum atomic E-state index is 11.6. The molecule has 0 atom stereocenters. The van der Waals surface area contributed by atoms with E-state index in [1.54, 1.807) is 24.3 Å². The van der Waals surface area contributed by atoms with E-state index >= 15 is 0 Å².